The summed E-state index contributed by atoms with van der Waals surface area (Å²) < 4.78 is 10.3. The number of piperazine rings is 1. The van der Waals surface area contributed by atoms with Gasteiger partial charge in [-0.05, 0) is 35.9 Å². The molecule has 27 heavy (non-hydrogen) atoms. The molecule has 0 aliphatic carbocycles. The molecule has 0 atom stereocenters. The lowest BCUT2D eigenvalue weighted by Gasteiger charge is -2.34. The molecule has 1 aliphatic rings. The molecule has 0 spiro atoms. The van der Waals surface area contributed by atoms with Gasteiger partial charge in [0.05, 0.1) is 13.7 Å². The summed E-state index contributed by atoms with van der Waals surface area (Å²) >= 11 is 0. The van der Waals surface area contributed by atoms with Gasteiger partial charge in [-0.25, -0.2) is 0 Å². The molecule has 2 aromatic carbocycles. The average molecular weight is 370 g/mol. The number of hydrogen-bond acceptors (Lipinski definition) is 5. The number of aromatic hydroxyl groups is 1. The van der Waals surface area contributed by atoms with E-state index in [-0.39, 0.29) is 11.7 Å². The van der Waals surface area contributed by atoms with E-state index in [9.17, 15) is 9.90 Å². The highest BCUT2D eigenvalue weighted by Gasteiger charge is 2.22. The van der Waals surface area contributed by atoms with Gasteiger partial charge in [0.15, 0.2) is 0 Å². The molecule has 2 aromatic rings. The van der Waals surface area contributed by atoms with Gasteiger partial charge in [0.25, 0.3) is 5.91 Å². The zero-order chi connectivity index (χ0) is 19.2. The third-order valence-corrected chi connectivity index (χ3v) is 4.92. The van der Waals surface area contributed by atoms with Crippen molar-refractivity contribution >= 4 is 5.91 Å². The van der Waals surface area contributed by atoms with E-state index in [2.05, 4.69) is 4.90 Å². The Kier molecular flexibility index (Phi) is 6.32. The van der Waals surface area contributed by atoms with E-state index in [1.807, 2.05) is 29.2 Å². The van der Waals surface area contributed by atoms with Crippen molar-refractivity contribution in [2.75, 3.05) is 53.6 Å². The number of nitrogens with zero attached hydrogens (tertiary/aromatic N) is 2. The first kappa shape index (κ1) is 19.2. The standard InChI is InChI=1S/C21H26N2O4/c1-26-14-13-22-9-11-23(12-10-22)21(25)17-5-3-16(4-6-17)19-15-18(27-2)7-8-20(19)24/h3-8,15,24H,9-14H2,1-2H3. The third kappa shape index (κ3) is 4.59. The first-order valence-corrected chi connectivity index (χ1v) is 9.10. The van der Waals surface area contributed by atoms with Crippen LogP contribution in [0.2, 0.25) is 0 Å². The summed E-state index contributed by atoms with van der Waals surface area (Å²) in [7, 11) is 3.29. The number of carbonyl (C=O) groups is 1. The van der Waals surface area contributed by atoms with Crippen LogP contribution >= 0.6 is 0 Å². The van der Waals surface area contributed by atoms with E-state index < -0.39 is 0 Å². The van der Waals surface area contributed by atoms with Gasteiger partial charge in [-0.3, -0.25) is 9.69 Å². The monoisotopic (exact) mass is 370 g/mol. The van der Waals surface area contributed by atoms with Crippen LogP contribution in [0.15, 0.2) is 42.5 Å². The smallest absolute Gasteiger partial charge is 0.253 e. The first-order valence-electron chi connectivity index (χ1n) is 9.10. The van der Waals surface area contributed by atoms with Crippen LogP contribution in [0.3, 0.4) is 0 Å². The Labute approximate surface area is 159 Å². The van der Waals surface area contributed by atoms with E-state index in [1.165, 1.54) is 0 Å². The summed E-state index contributed by atoms with van der Waals surface area (Å²) in [5.41, 5.74) is 2.18. The van der Waals surface area contributed by atoms with Crippen molar-refractivity contribution in [1.82, 2.24) is 9.80 Å². The Morgan fingerprint density at radius 3 is 2.37 bits per heavy atom. The molecule has 0 saturated carbocycles. The number of benzene rings is 2. The van der Waals surface area contributed by atoms with Crippen LogP contribution in [0.1, 0.15) is 10.4 Å². The molecule has 1 N–H and O–H groups in total. The van der Waals surface area contributed by atoms with Crippen LogP contribution in [-0.2, 0) is 4.74 Å². The summed E-state index contributed by atoms with van der Waals surface area (Å²) in [6.07, 6.45) is 0. The number of methoxy groups -OCH3 is 2. The number of carbonyl (C=O) groups excluding carboxylic acids is 1. The summed E-state index contributed by atoms with van der Waals surface area (Å²) in [5, 5.41) is 10.1. The van der Waals surface area contributed by atoms with Crippen molar-refractivity contribution in [1.29, 1.82) is 0 Å². The summed E-state index contributed by atoms with van der Waals surface area (Å²) in [6, 6.07) is 12.4. The Bertz CT molecular complexity index is 768. The molecule has 1 fully saturated rings. The maximum Gasteiger partial charge on any atom is 0.253 e. The number of hydrogen-bond donors (Lipinski definition) is 1. The van der Waals surface area contributed by atoms with Crippen molar-refractivity contribution in [2.24, 2.45) is 0 Å². The van der Waals surface area contributed by atoms with Gasteiger partial charge in [0.1, 0.15) is 11.5 Å². The fraction of sp³-hybridized carbons (Fsp3) is 0.381. The molecule has 6 heteroatoms. The fourth-order valence-corrected chi connectivity index (χ4v) is 3.24. The highest BCUT2D eigenvalue weighted by atomic mass is 16.5. The van der Waals surface area contributed by atoms with Crippen molar-refractivity contribution in [3.8, 4) is 22.6 Å². The van der Waals surface area contributed by atoms with E-state index in [1.54, 1.807) is 32.4 Å². The van der Waals surface area contributed by atoms with Crippen LogP contribution in [0.4, 0.5) is 0 Å². The van der Waals surface area contributed by atoms with Gasteiger partial charge in [0.2, 0.25) is 0 Å². The second-order valence-corrected chi connectivity index (χ2v) is 6.59. The maximum absolute atomic E-state index is 12.7. The van der Waals surface area contributed by atoms with E-state index in [0.29, 0.717) is 23.5 Å². The molecule has 0 radical (unpaired) electrons. The number of amides is 1. The number of ether oxygens (including phenoxy) is 2. The molecule has 1 amide bonds. The summed E-state index contributed by atoms with van der Waals surface area (Å²) in [6.45, 7) is 4.79. The number of phenols is 1. The van der Waals surface area contributed by atoms with Gasteiger partial charge >= 0.3 is 0 Å². The zero-order valence-electron chi connectivity index (χ0n) is 15.9. The Hall–Kier alpha value is -2.57. The van der Waals surface area contributed by atoms with Crippen molar-refractivity contribution in [3.63, 3.8) is 0 Å². The Morgan fingerprint density at radius 2 is 1.74 bits per heavy atom. The lowest BCUT2D eigenvalue weighted by Crippen LogP contribution is -2.49. The normalized spacial score (nSPS) is 15.0. The zero-order valence-corrected chi connectivity index (χ0v) is 15.9. The molecule has 1 saturated heterocycles. The van der Waals surface area contributed by atoms with Crippen LogP contribution in [-0.4, -0.2) is 74.4 Å². The van der Waals surface area contributed by atoms with E-state index in [0.717, 1.165) is 38.3 Å². The second-order valence-electron chi connectivity index (χ2n) is 6.59. The van der Waals surface area contributed by atoms with Gasteiger partial charge in [0, 0.05) is 51.0 Å². The molecule has 0 unspecified atom stereocenters. The van der Waals surface area contributed by atoms with Gasteiger partial charge in [-0.15, -0.1) is 0 Å². The molecule has 0 aromatic heterocycles. The molecule has 6 nitrogen and oxygen atoms in total. The molecule has 1 aliphatic heterocycles. The summed E-state index contributed by atoms with van der Waals surface area (Å²) in [5.74, 6) is 0.902. The molecule has 1 heterocycles. The van der Waals surface area contributed by atoms with E-state index >= 15 is 0 Å². The van der Waals surface area contributed by atoms with Crippen LogP contribution in [0, 0.1) is 0 Å². The highest BCUT2D eigenvalue weighted by Crippen LogP contribution is 2.32. The molecular formula is C21H26N2O4. The second kappa shape index (κ2) is 8.88. The minimum atomic E-state index is 0.0443. The molecule has 3 rings (SSSR count). The molecule has 144 valence electrons. The third-order valence-electron chi connectivity index (χ3n) is 4.92. The van der Waals surface area contributed by atoms with E-state index in [4.69, 9.17) is 9.47 Å². The number of rotatable bonds is 6. The maximum atomic E-state index is 12.7. The highest BCUT2D eigenvalue weighted by molar-refractivity contribution is 5.95. The van der Waals surface area contributed by atoms with Gasteiger partial charge in [-0.1, -0.05) is 12.1 Å². The minimum absolute atomic E-state index is 0.0443. The van der Waals surface area contributed by atoms with Gasteiger partial charge in [-0.2, -0.15) is 0 Å². The first-order chi connectivity index (χ1) is 13.1. The number of phenolic OH excluding ortho intramolecular Hbond substituents is 1. The quantitative estimate of drug-likeness (QED) is 0.846. The topological polar surface area (TPSA) is 62.2 Å². The minimum Gasteiger partial charge on any atom is -0.507 e. The lowest BCUT2D eigenvalue weighted by atomic mass is 10.0. The summed E-state index contributed by atoms with van der Waals surface area (Å²) in [4.78, 5) is 16.9. The predicted molar refractivity (Wildman–Crippen MR) is 104 cm³/mol. The van der Waals surface area contributed by atoms with Crippen molar-refractivity contribution < 1.29 is 19.4 Å². The Morgan fingerprint density at radius 1 is 1.04 bits per heavy atom. The van der Waals surface area contributed by atoms with Crippen LogP contribution in [0.25, 0.3) is 11.1 Å². The molecular weight excluding hydrogens is 344 g/mol. The predicted octanol–water partition coefficient (Wildman–Crippen LogP) is 2.47. The van der Waals surface area contributed by atoms with Crippen molar-refractivity contribution in [3.05, 3.63) is 48.0 Å². The van der Waals surface area contributed by atoms with Gasteiger partial charge < -0.3 is 19.5 Å². The fourth-order valence-electron chi connectivity index (χ4n) is 3.24. The van der Waals surface area contributed by atoms with Crippen LogP contribution < -0.4 is 4.74 Å². The largest absolute Gasteiger partial charge is 0.507 e. The lowest BCUT2D eigenvalue weighted by molar-refractivity contribution is 0.0594. The van der Waals surface area contributed by atoms with Crippen molar-refractivity contribution in [2.45, 2.75) is 0 Å². The van der Waals surface area contributed by atoms with Crippen LogP contribution in [0.5, 0.6) is 11.5 Å². The Balaban J connectivity index is 1.66. The molecule has 0 bridgehead atoms. The SMILES string of the molecule is COCCN1CCN(C(=O)c2ccc(-c3cc(OC)ccc3O)cc2)CC1. The average Bonchev–Trinajstić information content (AvgIpc) is 2.72.